The van der Waals surface area contributed by atoms with Crippen molar-refractivity contribution in [3.05, 3.63) is 29.8 Å². The van der Waals surface area contributed by atoms with Crippen LogP contribution in [0.1, 0.15) is 33.3 Å². The molecule has 1 saturated heterocycles. The van der Waals surface area contributed by atoms with Crippen LogP contribution in [0.25, 0.3) is 6.08 Å². The van der Waals surface area contributed by atoms with Crippen molar-refractivity contribution in [2.75, 3.05) is 33.4 Å². The molecule has 34 heavy (non-hydrogen) atoms. The zero-order valence-corrected chi connectivity index (χ0v) is 20.8. The molecule has 0 saturated carbocycles. The molecule has 0 aromatic heterocycles. The number of nitriles is 1. The van der Waals surface area contributed by atoms with Crippen molar-refractivity contribution in [2.45, 2.75) is 44.2 Å². The molecule has 10 nitrogen and oxygen atoms in total. The lowest BCUT2D eigenvalue weighted by Gasteiger charge is -2.28. The first-order chi connectivity index (χ1) is 15.9. The minimum atomic E-state index is -3.82. The Morgan fingerprint density at radius 1 is 1.26 bits per heavy atom. The maximum absolute atomic E-state index is 13.1. The van der Waals surface area contributed by atoms with E-state index in [1.807, 2.05) is 0 Å². The number of ether oxygens (including phenoxy) is 3. The van der Waals surface area contributed by atoms with E-state index in [0.717, 1.165) is 6.08 Å². The molecular formula is C23H31N3O7S. The van der Waals surface area contributed by atoms with Crippen molar-refractivity contribution in [3.63, 3.8) is 0 Å². The Balaban J connectivity index is 2.13. The van der Waals surface area contributed by atoms with Gasteiger partial charge in [0.2, 0.25) is 10.0 Å². The summed E-state index contributed by atoms with van der Waals surface area (Å²) in [5.41, 5.74) is -0.669. The number of carbonyl (C=O) groups is 2. The minimum absolute atomic E-state index is 0.0235. The molecule has 11 heteroatoms. The number of carbonyl (C=O) groups excluding carboxylic acids is 2. The number of rotatable bonds is 9. The quantitative estimate of drug-likeness (QED) is 0.406. The van der Waals surface area contributed by atoms with Gasteiger partial charge in [-0.15, -0.1) is 0 Å². The van der Waals surface area contributed by atoms with Crippen molar-refractivity contribution >= 4 is 28.0 Å². The molecule has 1 aliphatic heterocycles. The Bertz CT molecular complexity index is 1070. The molecule has 0 aliphatic carbocycles. The third-order valence-corrected chi connectivity index (χ3v) is 7.54. The number of morpholine rings is 1. The third-order valence-electron chi connectivity index (χ3n) is 5.62. The number of nitrogens with zero attached hydrogens (tertiary/aromatic N) is 2. The van der Waals surface area contributed by atoms with Crippen LogP contribution in [0.4, 0.5) is 0 Å². The van der Waals surface area contributed by atoms with Crippen LogP contribution in [0.3, 0.4) is 0 Å². The molecule has 2 atom stereocenters. The number of nitrogens with one attached hydrogen (secondary N) is 1. The average Bonchev–Trinajstić information content (AvgIpc) is 2.82. The largest absolute Gasteiger partial charge is 0.495 e. The molecule has 1 aliphatic rings. The summed E-state index contributed by atoms with van der Waals surface area (Å²) in [6.07, 6.45) is 1.36. The van der Waals surface area contributed by atoms with Crippen LogP contribution >= 0.6 is 0 Å². The van der Waals surface area contributed by atoms with E-state index in [4.69, 9.17) is 14.2 Å². The summed E-state index contributed by atoms with van der Waals surface area (Å²) in [5, 5.41) is 11.9. The molecule has 186 valence electrons. The van der Waals surface area contributed by atoms with Gasteiger partial charge >= 0.3 is 5.97 Å². The number of hydrogen-bond acceptors (Lipinski definition) is 8. The topological polar surface area (TPSA) is 135 Å². The lowest BCUT2D eigenvalue weighted by Crippen LogP contribution is -2.52. The van der Waals surface area contributed by atoms with Gasteiger partial charge in [0.15, 0.2) is 6.10 Å². The Morgan fingerprint density at radius 3 is 2.47 bits per heavy atom. The predicted molar refractivity (Wildman–Crippen MR) is 124 cm³/mol. The molecule has 1 amide bonds. The fourth-order valence-electron chi connectivity index (χ4n) is 3.01. The molecule has 1 aromatic rings. The van der Waals surface area contributed by atoms with Gasteiger partial charge in [-0.05, 0) is 43.5 Å². The first-order valence-corrected chi connectivity index (χ1v) is 12.3. The van der Waals surface area contributed by atoms with Gasteiger partial charge < -0.3 is 19.5 Å². The second kappa shape index (κ2) is 11.5. The van der Waals surface area contributed by atoms with Crippen LogP contribution in [-0.4, -0.2) is 69.7 Å². The molecule has 2 unspecified atom stereocenters. The van der Waals surface area contributed by atoms with Gasteiger partial charge in [0.1, 0.15) is 16.2 Å². The first-order valence-electron chi connectivity index (χ1n) is 10.8. The summed E-state index contributed by atoms with van der Waals surface area (Å²) >= 11 is 0. The van der Waals surface area contributed by atoms with E-state index in [1.165, 1.54) is 36.5 Å². The van der Waals surface area contributed by atoms with Gasteiger partial charge in [-0.25, -0.2) is 13.2 Å². The molecule has 1 aromatic carbocycles. The number of amides is 1. The van der Waals surface area contributed by atoms with Gasteiger partial charge in [0.05, 0.1) is 26.4 Å². The van der Waals surface area contributed by atoms with Crippen molar-refractivity contribution in [1.29, 1.82) is 5.26 Å². The maximum atomic E-state index is 13.1. The molecular weight excluding hydrogens is 462 g/mol. The van der Waals surface area contributed by atoms with Crippen LogP contribution in [0.2, 0.25) is 0 Å². The summed E-state index contributed by atoms with van der Waals surface area (Å²) in [7, 11) is -2.45. The summed E-state index contributed by atoms with van der Waals surface area (Å²) < 4.78 is 43.0. The van der Waals surface area contributed by atoms with Crippen LogP contribution in [0, 0.1) is 17.2 Å². The standard InChI is InChI=1S/C23H31N3O7S/c1-16(2)23(4,15-24)25-22(28)17(3)33-21(27)9-7-18-6-8-19(31-5)20(14-18)34(29,30)26-10-12-32-13-11-26/h6-9,14,16-17H,10-13H2,1-5H3,(H,25,28)/b9-7+. The zero-order chi connectivity index (χ0) is 25.5. The smallest absolute Gasteiger partial charge is 0.331 e. The van der Waals surface area contributed by atoms with Crippen LogP contribution in [0.5, 0.6) is 5.75 Å². The molecule has 1 N–H and O–H groups in total. The van der Waals surface area contributed by atoms with Gasteiger partial charge in [0, 0.05) is 19.2 Å². The summed E-state index contributed by atoms with van der Waals surface area (Å²) in [6, 6.07) is 6.56. The Labute approximate surface area is 200 Å². The fraction of sp³-hybridized carbons (Fsp3) is 0.522. The highest BCUT2D eigenvalue weighted by atomic mass is 32.2. The second-order valence-corrected chi connectivity index (χ2v) is 10.2. The summed E-state index contributed by atoms with van der Waals surface area (Å²) in [6.45, 7) is 7.68. The zero-order valence-electron chi connectivity index (χ0n) is 20.0. The van der Waals surface area contributed by atoms with Crippen LogP contribution in [0.15, 0.2) is 29.2 Å². The third kappa shape index (κ3) is 6.56. The van der Waals surface area contributed by atoms with Crippen LogP contribution in [-0.2, 0) is 29.1 Å². The van der Waals surface area contributed by atoms with Crippen molar-refractivity contribution < 1.29 is 32.2 Å². The molecule has 1 heterocycles. The number of methoxy groups -OCH3 is 1. The van der Waals surface area contributed by atoms with E-state index < -0.39 is 33.5 Å². The SMILES string of the molecule is COc1ccc(/C=C/C(=O)OC(C)C(=O)NC(C)(C#N)C(C)C)cc1S(=O)(=O)N1CCOCC1. The summed E-state index contributed by atoms with van der Waals surface area (Å²) in [5.74, 6) is -1.36. The van der Waals surface area contributed by atoms with Gasteiger partial charge in [-0.3, -0.25) is 4.79 Å². The van der Waals surface area contributed by atoms with Crippen molar-refractivity contribution in [2.24, 2.45) is 5.92 Å². The van der Waals surface area contributed by atoms with Crippen molar-refractivity contribution in [1.82, 2.24) is 9.62 Å². The van der Waals surface area contributed by atoms with E-state index in [-0.39, 0.29) is 29.7 Å². The highest BCUT2D eigenvalue weighted by Crippen LogP contribution is 2.29. The van der Waals surface area contributed by atoms with E-state index in [0.29, 0.717) is 18.8 Å². The lowest BCUT2D eigenvalue weighted by molar-refractivity contribution is -0.150. The lowest BCUT2D eigenvalue weighted by atomic mass is 9.90. The van der Waals surface area contributed by atoms with Gasteiger partial charge in [-0.2, -0.15) is 9.57 Å². The van der Waals surface area contributed by atoms with Gasteiger partial charge in [0.25, 0.3) is 5.91 Å². The van der Waals surface area contributed by atoms with E-state index in [9.17, 15) is 23.3 Å². The van der Waals surface area contributed by atoms with E-state index in [2.05, 4.69) is 11.4 Å². The molecule has 2 rings (SSSR count). The summed E-state index contributed by atoms with van der Waals surface area (Å²) in [4.78, 5) is 24.6. The minimum Gasteiger partial charge on any atom is -0.495 e. The highest BCUT2D eigenvalue weighted by Gasteiger charge is 2.32. The number of esters is 1. The van der Waals surface area contributed by atoms with Gasteiger partial charge in [-0.1, -0.05) is 19.9 Å². The normalized spacial score (nSPS) is 17.6. The monoisotopic (exact) mass is 493 g/mol. The van der Waals surface area contributed by atoms with Crippen LogP contribution < -0.4 is 10.1 Å². The molecule has 1 fully saturated rings. The maximum Gasteiger partial charge on any atom is 0.331 e. The van der Waals surface area contributed by atoms with Crippen molar-refractivity contribution in [3.8, 4) is 11.8 Å². The molecule has 0 radical (unpaired) electrons. The second-order valence-electron chi connectivity index (χ2n) is 8.30. The Hall–Kier alpha value is -2.94. The van der Waals surface area contributed by atoms with E-state index in [1.54, 1.807) is 26.8 Å². The Morgan fingerprint density at radius 2 is 1.91 bits per heavy atom. The van der Waals surface area contributed by atoms with E-state index >= 15 is 0 Å². The Kier molecular flexibility index (Phi) is 9.21. The highest BCUT2D eigenvalue weighted by molar-refractivity contribution is 7.89. The number of hydrogen-bond donors (Lipinski definition) is 1. The first kappa shape index (κ1) is 27.3. The predicted octanol–water partition coefficient (Wildman–Crippen LogP) is 1.72. The number of benzene rings is 1. The fourth-order valence-corrected chi connectivity index (χ4v) is 4.61. The molecule has 0 bridgehead atoms. The number of sulfonamides is 1. The molecule has 0 spiro atoms. The average molecular weight is 494 g/mol.